The van der Waals surface area contributed by atoms with E-state index in [9.17, 15) is 0 Å². The molecule has 4 nitrogen and oxygen atoms in total. The summed E-state index contributed by atoms with van der Waals surface area (Å²) in [5, 5.41) is 3.39. The van der Waals surface area contributed by atoms with Gasteiger partial charge in [-0.25, -0.2) is 4.98 Å². The minimum absolute atomic E-state index is 0.720. The van der Waals surface area contributed by atoms with Crippen LogP contribution in [-0.4, -0.2) is 23.1 Å². The summed E-state index contributed by atoms with van der Waals surface area (Å²) in [6.45, 7) is 3.87. The number of fused-ring (bicyclic) bond motifs is 1. The summed E-state index contributed by atoms with van der Waals surface area (Å²) in [4.78, 5) is 11.6. The van der Waals surface area contributed by atoms with Gasteiger partial charge in [0.25, 0.3) is 0 Å². The van der Waals surface area contributed by atoms with Crippen molar-refractivity contribution in [3.8, 4) is 0 Å². The van der Waals surface area contributed by atoms with Gasteiger partial charge in [0.15, 0.2) is 0 Å². The lowest BCUT2D eigenvalue weighted by Crippen LogP contribution is -2.17. The maximum atomic E-state index is 4.76. The summed E-state index contributed by atoms with van der Waals surface area (Å²) in [7, 11) is 0. The molecular formula is C22H24N4. The molecule has 0 saturated carbocycles. The topological polar surface area (TPSA) is 41.1 Å². The molecule has 0 fully saturated rings. The first-order chi connectivity index (χ1) is 12.8. The summed E-state index contributed by atoms with van der Waals surface area (Å²) >= 11 is 0. The molecule has 2 heterocycles. The molecule has 1 N–H and O–H groups in total. The molecule has 4 rings (SSSR count). The quantitative estimate of drug-likeness (QED) is 0.667. The second kappa shape index (κ2) is 7.56. The van der Waals surface area contributed by atoms with E-state index >= 15 is 0 Å². The van der Waals surface area contributed by atoms with Gasteiger partial charge >= 0.3 is 0 Å². The number of para-hydroxylation sites is 1. The largest absolute Gasteiger partial charge is 0.354 e. The minimum atomic E-state index is 0.720. The first kappa shape index (κ1) is 16.6. The monoisotopic (exact) mass is 344 g/mol. The second-order valence-electron chi connectivity index (χ2n) is 6.74. The predicted octanol–water partition coefficient (Wildman–Crippen LogP) is 4.52. The van der Waals surface area contributed by atoms with E-state index in [4.69, 9.17) is 4.98 Å². The van der Waals surface area contributed by atoms with Gasteiger partial charge in [0, 0.05) is 30.5 Å². The lowest BCUT2D eigenvalue weighted by Gasteiger charge is -2.19. The molecule has 2 aromatic carbocycles. The zero-order valence-electron chi connectivity index (χ0n) is 15.2. The normalized spacial score (nSPS) is 12.9. The van der Waals surface area contributed by atoms with Gasteiger partial charge in [0.2, 0.25) is 5.95 Å². The molecule has 1 aromatic heterocycles. The van der Waals surface area contributed by atoms with Crippen molar-refractivity contribution in [2.24, 2.45) is 0 Å². The van der Waals surface area contributed by atoms with E-state index in [1.54, 1.807) is 0 Å². The van der Waals surface area contributed by atoms with Crippen molar-refractivity contribution in [2.45, 2.75) is 26.2 Å². The van der Waals surface area contributed by atoms with Crippen molar-refractivity contribution >= 4 is 17.5 Å². The van der Waals surface area contributed by atoms with Crippen molar-refractivity contribution in [3.63, 3.8) is 0 Å². The highest BCUT2D eigenvalue weighted by Crippen LogP contribution is 2.33. The Morgan fingerprint density at radius 1 is 1.00 bits per heavy atom. The summed E-state index contributed by atoms with van der Waals surface area (Å²) < 4.78 is 0. The van der Waals surface area contributed by atoms with Crippen LogP contribution in [0, 0.1) is 6.92 Å². The average molecular weight is 344 g/mol. The van der Waals surface area contributed by atoms with Gasteiger partial charge in [0.1, 0.15) is 5.82 Å². The number of aromatic nitrogens is 2. The average Bonchev–Trinajstić information content (AvgIpc) is 3.10. The number of hydrogen-bond donors (Lipinski definition) is 1. The predicted molar refractivity (Wildman–Crippen MR) is 107 cm³/mol. The van der Waals surface area contributed by atoms with E-state index in [0.717, 1.165) is 49.8 Å². The van der Waals surface area contributed by atoms with E-state index in [-0.39, 0.29) is 0 Å². The Morgan fingerprint density at radius 2 is 1.81 bits per heavy atom. The molecule has 0 aliphatic carbocycles. The van der Waals surface area contributed by atoms with Crippen LogP contribution < -0.4 is 10.2 Å². The van der Waals surface area contributed by atoms with Gasteiger partial charge in [-0.05, 0) is 43.4 Å². The number of benzene rings is 2. The van der Waals surface area contributed by atoms with Crippen molar-refractivity contribution in [2.75, 3.05) is 23.3 Å². The molecule has 0 spiro atoms. The third-order valence-electron chi connectivity index (χ3n) is 4.77. The number of nitrogens with one attached hydrogen (secondary N) is 1. The van der Waals surface area contributed by atoms with E-state index in [2.05, 4.69) is 75.9 Å². The summed E-state index contributed by atoms with van der Waals surface area (Å²) in [6, 6.07) is 21.2. The van der Waals surface area contributed by atoms with Crippen molar-refractivity contribution in [3.05, 3.63) is 77.5 Å². The van der Waals surface area contributed by atoms with Crippen molar-refractivity contribution in [1.82, 2.24) is 9.97 Å². The summed E-state index contributed by atoms with van der Waals surface area (Å²) in [5.74, 6) is 1.70. The number of anilines is 3. The Bertz CT molecular complexity index is 876. The standard InChI is InChI=1S/C22H24N4/c1-17-16-21(26-15-13-19-11-5-6-12-20(19)26)25-22(24-17)23-14-7-10-18-8-3-2-4-9-18/h2-6,8-9,11-12,16H,7,10,13-15H2,1H3,(H,23,24,25). The molecule has 3 aromatic rings. The highest BCUT2D eigenvalue weighted by molar-refractivity contribution is 5.68. The van der Waals surface area contributed by atoms with Gasteiger partial charge in [-0.3, -0.25) is 0 Å². The third-order valence-corrected chi connectivity index (χ3v) is 4.77. The highest BCUT2D eigenvalue weighted by Gasteiger charge is 2.21. The summed E-state index contributed by atoms with van der Waals surface area (Å²) in [5.41, 5.74) is 5.01. The van der Waals surface area contributed by atoms with Gasteiger partial charge in [-0.1, -0.05) is 48.5 Å². The molecule has 132 valence electrons. The van der Waals surface area contributed by atoms with E-state index < -0.39 is 0 Å². The Morgan fingerprint density at radius 3 is 2.69 bits per heavy atom. The van der Waals surface area contributed by atoms with Crippen LogP contribution in [0.1, 0.15) is 23.2 Å². The number of rotatable bonds is 6. The van der Waals surface area contributed by atoms with Crippen molar-refractivity contribution in [1.29, 1.82) is 0 Å². The Balaban J connectivity index is 1.42. The second-order valence-corrected chi connectivity index (χ2v) is 6.74. The molecule has 1 aliphatic heterocycles. The Labute approximate surface area is 154 Å². The Hall–Kier alpha value is -2.88. The summed E-state index contributed by atoms with van der Waals surface area (Å²) in [6.07, 6.45) is 3.19. The van der Waals surface area contributed by atoms with Crippen molar-refractivity contribution < 1.29 is 0 Å². The maximum Gasteiger partial charge on any atom is 0.224 e. The van der Waals surface area contributed by atoms with Gasteiger partial charge in [0.05, 0.1) is 0 Å². The molecule has 4 heteroatoms. The SMILES string of the molecule is Cc1cc(N2CCc3ccccc32)nc(NCCCc2ccccc2)n1. The van der Waals surface area contributed by atoms with Crippen LogP contribution >= 0.6 is 0 Å². The number of hydrogen-bond acceptors (Lipinski definition) is 4. The fraction of sp³-hybridized carbons (Fsp3) is 0.273. The first-order valence-electron chi connectivity index (χ1n) is 9.28. The maximum absolute atomic E-state index is 4.76. The zero-order valence-corrected chi connectivity index (χ0v) is 15.2. The molecule has 0 saturated heterocycles. The van der Waals surface area contributed by atoms with Gasteiger partial charge in [-0.2, -0.15) is 4.98 Å². The molecule has 1 aliphatic rings. The molecule has 0 radical (unpaired) electrons. The van der Waals surface area contributed by atoms with Crippen LogP contribution in [0.4, 0.5) is 17.5 Å². The number of nitrogens with zero attached hydrogens (tertiary/aromatic N) is 3. The smallest absolute Gasteiger partial charge is 0.224 e. The molecule has 26 heavy (non-hydrogen) atoms. The lowest BCUT2D eigenvalue weighted by atomic mass is 10.1. The van der Waals surface area contributed by atoms with Crippen LogP contribution in [-0.2, 0) is 12.8 Å². The zero-order chi connectivity index (χ0) is 17.8. The van der Waals surface area contributed by atoms with Crippen LogP contribution in [0.3, 0.4) is 0 Å². The fourth-order valence-electron chi connectivity index (χ4n) is 3.48. The highest BCUT2D eigenvalue weighted by atomic mass is 15.2. The lowest BCUT2D eigenvalue weighted by molar-refractivity contribution is 0.849. The minimum Gasteiger partial charge on any atom is -0.354 e. The number of aryl methyl sites for hydroxylation is 2. The molecule has 0 unspecified atom stereocenters. The van der Waals surface area contributed by atoms with E-state index in [0.29, 0.717) is 0 Å². The molecule has 0 bridgehead atoms. The molecular weight excluding hydrogens is 320 g/mol. The van der Waals surface area contributed by atoms with Gasteiger partial charge < -0.3 is 10.2 Å². The van der Waals surface area contributed by atoms with Crippen LogP contribution in [0.2, 0.25) is 0 Å². The van der Waals surface area contributed by atoms with E-state index in [1.165, 1.54) is 16.8 Å². The third kappa shape index (κ3) is 3.69. The molecule has 0 amide bonds. The van der Waals surface area contributed by atoms with Crippen LogP contribution in [0.25, 0.3) is 0 Å². The first-order valence-corrected chi connectivity index (χ1v) is 9.28. The molecule has 0 atom stereocenters. The van der Waals surface area contributed by atoms with E-state index in [1.807, 2.05) is 6.92 Å². The van der Waals surface area contributed by atoms with Crippen LogP contribution in [0.15, 0.2) is 60.7 Å². The van der Waals surface area contributed by atoms with Gasteiger partial charge in [-0.15, -0.1) is 0 Å². The Kier molecular flexibility index (Phi) is 4.82. The fourth-order valence-corrected chi connectivity index (χ4v) is 3.48. The van der Waals surface area contributed by atoms with Crippen LogP contribution in [0.5, 0.6) is 0 Å².